The molecule has 0 unspecified atom stereocenters. The first-order valence-electron chi connectivity index (χ1n) is 3.82. The summed E-state index contributed by atoms with van der Waals surface area (Å²) in [6.07, 6.45) is 0.612. The lowest BCUT2D eigenvalue weighted by atomic mass is 10.2. The average Bonchev–Trinajstić information content (AvgIpc) is 2.08. The number of carbonyl (C=O) groups excluding carboxylic acids is 1. The van der Waals surface area contributed by atoms with Crippen molar-refractivity contribution in [2.75, 3.05) is 24.3 Å². The van der Waals surface area contributed by atoms with Crippen LogP contribution in [0.15, 0.2) is 18.2 Å². The lowest BCUT2D eigenvalue weighted by Crippen LogP contribution is -2.09. The molecule has 70 valence electrons. The van der Waals surface area contributed by atoms with Gasteiger partial charge in [-0.3, -0.25) is 4.79 Å². The van der Waals surface area contributed by atoms with Crippen molar-refractivity contribution in [1.82, 2.24) is 0 Å². The lowest BCUT2D eigenvalue weighted by Gasteiger charge is -2.13. The Labute approximate surface area is 82.3 Å². The average molecular weight is 199 g/mol. The zero-order chi connectivity index (χ0) is 9.84. The molecule has 1 rings (SSSR count). The zero-order valence-corrected chi connectivity index (χ0v) is 8.30. The second-order valence-electron chi connectivity index (χ2n) is 2.82. The minimum atomic E-state index is 0.540. The highest BCUT2D eigenvalue weighted by Crippen LogP contribution is 2.25. The standard InChI is InChI=1S/C9H11ClN2O/c1-12(2)7-3-4-8(10)9(5-7)11-6-13/h3-6H,1-2H3,(H,11,13). The van der Waals surface area contributed by atoms with Crippen LogP contribution < -0.4 is 10.2 Å². The van der Waals surface area contributed by atoms with E-state index in [1.165, 1.54) is 0 Å². The molecule has 0 fully saturated rings. The fraction of sp³-hybridized carbons (Fsp3) is 0.222. The first-order chi connectivity index (χ1) is 6.15. The normalized spacial score (nSPS) is 9.46. The molecule has 0 atom stereocenters. The van der Waals surface area contributed by atoms with Crippen LogP contribution in [0.1, 0.15) is 0 Å². The third kappa shape index (κ3) is 2.36. The maximum Gasteiger partial charge on any atom is 0.211 e. The van der Waals surface area contributed by atoms with Gasteiger partial charge in [0.25, 0.3) is 0 Å². The van der Waals surface area contributed by atoms with Crippen LogP contribution in [0.4, 0.5) is 11.4 Å². The molecule has 13 heavy (non-hydrogen) atoms. The molecule has 0 heterocycles. The number of hydrogen-bond donors (Lipinski definition) is 1. The van der Waals surface area contributed by atoms with Gasteiger partial charge in [0, 0.05) is 19.8 Å². The topological polar surface area (TPSA) is 32.3 Å². The Balaban J connectivity index is 3.03. The molecule has 0 aliphatic rings. The summed E-state index contributed by atoms with van der Waals surface area (Å²) in [5.41, 5.74) is 1.62. The first-order valence-corrected chi connectivity index (χ1v) is 4.20. The zero-order valence-electron chi connectivity index (χ0n) is 7.54. The molecule has 1 amide bonds. The van der Waals surface area contributed by atoms with Crippen LogP contribution in [0.2, 0.25) is 5.02 Å². The summed E-state index contributed by atoms with van der Waals surface area (Å²) in [7, 11) is 3.85. The van der Waals surface area contributed by atoms with Gasteiger partial charge in [0.1, 0.15) is 0 Å². The Morgan fingerprint density at radius 2 is 2.15 bits per heavy atom. The maximum atomic E-state index is 10.2. The van der Waals surface area contributed by atoms with Crippen LogP contribution in [0.5, 0.6) is 0 Å². The van der Waals surface area contributed by atoms with E-state index in [0.29, 0.717) is 17.1 Å². The molecule has 0 saturated heterocycles. The number of halogens is 1. The van der Waals surface area contributed by atoms with Crippen molar-refractivity contribution < 1.29 is 4.79 Å². The van der Waals surface area contributed by atoms with Crippen molar-refractivity contribution >= 4 is 29.4 Å². The van der Waals surface area contributed by atoms with Gasteiger partial charge in [-0.15, -0.1) is 0 Å². The molecule has 3 nitrogen and oxygen atoms in total. The van der Waals surface area contributed by atoms with Crippen molar-refractivity contribution in [3.05, 3.63) is 23.2 Å². The molecule has 1 N–H and O–H groups in total. The van der Waals surface area contributed by atoms with E-state index in [4.69, 9.17) is 11.6 Å². The fourth-order valence-corrected chi connectivity index (χ4v) is 1.14. The maximum absolute atomic E-state index is 10.2. The molecule has 0 radical (unpaired) electrons. The van der Waals surface area contributed by atoms with Gasteiger partial charge in [-0.1, -0.05) is 11.6 Å². The van der Waals surface area contributed by atoms with E-state index in [1.54, 1.807) is 6.07 Å². The van der Waals surface area contributed by atoms with Gasteiger partial charge in [0.05, 0.1) is 10.7 Å². The van der Waals surface area contributed by atoms with E-state index in [9.17, 15) is 4.79 Å². The van der Waals surface area contributed by atoms with E-state index in [0.717, 1.165) is 5.69 Å². The predicted octanol–water partition coefficient (Wildman–Crippen LogP) is 1.97. The van der Waals surface area contributed by atoms with E-state index < -0.39 is 0 Å². The number of rotatable bonds is 3. The van der Waals surface area contributed by atoms with E-state index in [-0.39, 0.29) is 0 Å². The summed E-state index contributed by atoms with van der Waals surface area (Å²) in [4.78, 5) is 12.2. The molecule has 0 aromatic heterocycles. The third-order valence-corrected chi connectivity index (χ3v) is 2.01. The molecule has 1 aromatic rings. The Hall–Kier alpha value is -1.22. The fourth-order valence-electron chi connectivity index (χ4n) is 0.966. The highest BCUT2D eigenvalue weighted by atomic mass is 35.5. The molecule has 4 heteroatoms. The van der Waals surface area contributed by atoms with Crippen molar-refractivity contribution in [2.45, 2.75) is 0 Å². The lowest BCUT2D eigenvalue weighted by molar-refractivity contribution is -0.105. The number of nitrogens with one attached hydrogen (secondary N) is 1. The molecule has 0 aliphatic heterocycles. The number of benzene rings is 1. The molecule has 0 aliphatic carbocycles. The van der Waals surface area contributed by atoms with E-state index in [1.807, 2.05) is 31.1 Å². The Bertz CT molecular complexity index is 312. The van der Waals surface area contributed by atoms with Gasteiger partial charge in [-0.25, -0.2) is 0 Å². The second kappa shape index (κ2) is 4.14. The molecular formula is C9H11ClN2O. The van der Waals surface area contributed by atoms with Gasteiger partial charge in [-0.2, -0.15) is 0 Å². The summed E-state index contributed by atoms with van der Waals surface area (Å²) in [6.45, 7) is 0. The Kier molecular flexibility index (Phi) is 3.14. The summed E-state index contributed by atoms with van der Waals surface area (Å²) in [6, 6.07) is 5.46. The number of amides is 1. The number of hydrogen-bond acceptors (Lipinski definition) is 2. The molecule has 0 bridgehead atoms. The van der Waals surface area contributed by atoms with Gasteiger partial charge in [0.15, 0.2) is 0 Å². The molecule has 0 saturated carbocycles. The van der Waals surface area contributed by atoms with Crippen molar-refractivity contribution in [1.29, 1.82) is 0 Å². The number of nitrogens with zero attached hydrogens (tertiary/aromatic N) is 1. The third-order valence-electron chi connectivity index (χ3n) is 1.68. The second-order valence-corrected chi connectivity index (χ2v) is 3.23. The highest BCUT2D eigenvalue weighted by molar-refractivity contribution is 6.33. The van der Waals surface area contributed by atoms with Crippen LogP contribution in [-0.4, -0.2) is 20.5 Å². The Morgan fingerprint density at radius 1 is 1.46 bits per heavy atom. The number of carbonyl (C=O) groups is 1. The van der Waals surface area contributed by atoms with Gasteiger partial charge >= 0.3 is 0 Å². The largest absolute Gasteiger partial charge is 0.378 e. The van der Waals surface area contributed by atoms with Crippen LogP contribution in [-0.2, 0) is 4.79 Å². The van der Waals surface area contributed by atoms with Gasteiger partial charge < -0.3 is 10.2 Å². The van der Waals surface area contributed by atoms with E-state index in [2.05, 4.69) is 5.32 Å². The quantitative estimate of drug-likeness (QED) is 0.754. The van der Waals surface area contributed by atoms with Crippen molar-refractivity contribution in [3.8, 4) is 0 Å². The predicted molar refractivity (Wildman–Crippen MR) is 55.5 cm³/mol. The van der Waals surface area contributed by atoms with Gasteiger partial charge in [-0.05, 0) is 18.2 Å². The minimum absolute atomic E-state index is 0.540. The summed E-state index contributed by atoms with van der Waals surface area (Å²) < 4.78 is 0. The van der Waals surface area contributed by atoms with Crippen molar-refractivity contribution in [2.24, 2.45) is 0 Å². The van der Waals surface area contributed by atoms with Gasteiger partial charge in [0.2, 0.25) is 6.41 Å². The van der Waals surface area contributed by atoms with E-state index >= 15 is 0 Å². The smallest absolute Gasteiger partial charge is 0.211 e. The first kappa shape index (κ1) is 9.86. The SMILES string of the molecule is CN(C)c1ccc(Cl)c(NC=O)c1. The molecule has 1 aromatic carbocycles. The van der Waals surface area contributed by atoms with Crippen molar-refractivity contribution in [3.63, 3.8) is 0 Å². The monoisotopic (exact) mass is 198 g/mol. The summed E-state index contributed by atoms with van der Waals surface area (Å²) >= 11 is 5.84. The molecular weight excluding hydrogens is 188 g/mol. The van der Waals surface area contributed by atoms with Crippen LogP contribution in [0.25, 0.3) is 0 Å². The van der Waals surface area contributed by atoms with Crippen LogP contribution >= 0.6 is 11.6 Å². The minimum Gasteiger partial charge on any atom is -0.378 e. The number of anilines is 2. The van der Waals surface area contributed by atoms with Crippen LogP contribution in [0, 0.1) is 0 Å². The highest BCUT2D eigenvalue weighted by Gasteiger charge is 2.01. The molecule has 0 spiro atoms. The Morgan fingerprint density at radius 3 is 2.69 bits per heavy atom. The summed E-state index contributed by atoms with van der Waals surface area (Å²) in [5, 5.41) is 3.07. The van der Waals surface area contributed by atoms with Crippen LogP contribution in [0.3, 0.4) is 0 Å². The summed E-state index contributed by atoms with van der Waals surface area (Å²) in [5.74, 6) is 0.